The molecule has 0 radical (unpaired) electrons. The van der Waals surface area contributed by atoms with E-state index in [1.807, 2.05) is 0 Å². The van der Waals surface area contributed by atoms with E-state index >= 15 is 0 Å². The second-order valence-corrected chi connectivity index (χ2v) is 4.64. The molecule has 1 aromatic rings. The van der Waals surface area contributed by atoms with Gasteiger partial charge in [0.1, 0.15) is 6.04 Å². The molecule has 2 N–H and O–H groups in total. The Morgan fingerprint density at radius 2 is 2.17 bits per heavy atom. The number of nitrogens with zero attached hydrogens (tertiary/aromatic N) is 1. The number of nitrogens with one attached hydrogen (secondary N) is 1. The van der Waals surface area contributed by atoms with E-state index in [4.69, 9.17) is 4.74 Å². The minimum atomic E-state index is -0.345. The summed E-state index contributed by atoms with van der Waals surface area (Å²) in [6.45, 7) is 0. The summed E-state index contributed by atoms with van der Waals surface area (Å²) in [4.78, 5) is 0. The lowest BCUT2D eigenvalue weighted by atomic mass is 10.1. The molecule has 1 aromatic carbocycles. The molecule has 0 aliphatic heterocycles. The van der Waals surface area contributed by atoms with E-state index in [1.54, 1.807) is 18.2 Å². The van der Waals surface area contributed by atoms with Crippen LogP contribution in [0.4, 0.5) is 0 Å². The van der Waals surface area contributed by atoms with Gasteiger partial charge in [0.25, 0.3) is 0 Å². The largest absolute Gasteiger partial charge is 0.504 e. The minimum Gasteiger partial charge on any atom is -0.504 e. The van der Waals surface area contributed by atoms with Gasteiger partial charge in [-0.1, -0.05) is 18.9 Å². The van der Waals surface area contributed by atoms with Crippen molar-refractivity contribution in [1.29, 1.82) is 5.26 Å². The second-order valence-electron chi connectivity index (χ2n) is 4.64. The highest BCUT2D eigenvalue weighted by atomic mass is 16.5. The zero-order chi connectivity index (χ0) is 13.0. The summed E-state index contributed by atoms with van der Waals surface area (Å²) in [6.07, 6.45) is 4.73. The molecule has 1 fully saturated rings. The molecule has 0 heterocycles. The summed E-state index contributed by atoms with van der Waals surface area (Å²) in [5.41, 5.74) is 0.832. The van der Waals surface area contributed by atoms with Crippen LogP contribution in [0.15, 0.2) is 18.2 Å². The van der Waals surface area contributed by atoms with Gasteiger partial charge < -0.3 is 9.84 Å². The third kappa shape index (κ3) is 2.74. The summed E-state index contributed by atoms with van der Waals surface area (Å²) < 4.78 is 5.06. The molecule has 1 aliphatic rings. The SMILES string of the molecule is COc1cc(C(C#N)NC2CCCC2)ccc1O. The average Bonchev–Trinajstić information content (AvgIpc) is 2.89. The highest BCUT2D eigenvalue weighted by Gasteiger charge is 2.20. The van der Waals surface area contributed by atoms with Crippen LogP contribution < -0.4 is 10.1 Å². The van der Waals surface area contributed by atoms with Gasteiger partial charge in [0.2, 0.25) is 0 Å². The third-order valence-corrected chi connectivity index (χ3v) is 3.42. The number of nitriles is 1. The molecular formula is C14H18N2O2. The fraction of sp³-hybridized carbons (Fsp3) is 0.500. The fourth-order valence-electron chi connectivity index (χ4n) is 2.41. The van der Waals surface area contributed by atoms with Crippen molar-refractivity contribution >= 4 is 0 Å². The lowest BCUT2D eigenvalue weighted by Crippen LogP contribution is -2.29. The number of phenols is 1. The first-order valence-electron chi connectivity index (χ1n) is 6.27. The van der Waals surface area contributed by atoms with E-state index in [0.29, 0.717) is 11.8 Å². The Morgan fingerprint density at radius 3 is 2.78 bits per heavy atom. The lowest BCUT2D eigenvalue weighted by Gasteiger charge is -2.18. The Hall–Kier alpha value is -1.73. The normalized spacial score (nSPS) is 17.3. The number of methoxy groups -OCH3 is 1. The minimum absolute atomic E-state index is 0.0961. The van der Waals surface area contributed by atoms with Gasteiger partial charge in [-0.2, -0.15) is 5.26 Å². The standard InChI is InChI=1S/C14H18N2O2/c1-18-14-8-10(6-7-13(14)17)12(9-15)16-11-4-2-3-5-11/h6-8,11-12,16-17H,2-5H2,1H3. The third-order valence-electron chi connectivity index (χ3n) is 3.42. The Morgan fingerprint density at radius 1 is 1.44 bits per heavy atom. The first-order chi connectivity index (χ1) is 8.74. The predicted molar refractivity (Wildman–Crippen MR) is 68.4 cm³/mol. The first-order valence-corrected chi connectivity index (χ1v) is 6.27. The maximum absolute atomic E-state index is 9.55. The maximum Gasteiger partial charge on any atom is 0.160 e. The molecule has 1 aliphatic carbocycles. The van der Waals surface area contributed by atoms with E-state index in [2.05, 4.69) is 11.4 Å². The Balaban J connectivity index is 2.14. The van der Waals surface area contributed by atoms with Crippen molar-refractivity contribution in [3.05, 3.63) is 23.8 Å². The summed E-state index contributed by atoms with van der Waals surface area (Å²) >= 11 is 0. The molecule has 96 valence electrons. The molecular weight excluding hydrogens is 228 g/mol. The molecule has 18 heavy (non-hydrogen) atoms. The van der Waals surface area contributed by atoms with Crippen molar-refractivity contribution in [3.8, 4) is 17.6 Å². The molecule has 0 saturated heterocycles. The van der Waals surface area contributed by atoms with E-state index < -0.39 is 0 Å². The summed E-state index contributed by atoms with van der Waals surface area (Å²) in [5, 5.41) is 22.2. The van der Waals surface area contributed by atoms with Gasteiger partial charge in [-0.3, -0.25) is 5.32 Å². The second kappa shape index (κ2) is 5.74. The number of hydrogen-bond acceptors (Lipinski definition) is 4. The van der Waals surface area contributed by atoms with Crippen molar-refractivity contribution < 1.29 is 9.84 Å². The van der Waals surface area contributed by atoms with Gasteiger partial charge in [-0.25, -0.2) is 0 Å². The van der Waals surface area contributed by atoms with Crippen LogP contribution in [0.25, 0.3) is 0 Å². The summed E-state index contributed by atoms with van der Waals surface area (Å²) in [5.74, 6) is 0.500. The quantitative estimate of drug-likeness (QED) is 0.856. The molecule has 0 aromatic heterocycles. The topological polar surface area (TPSA) is 65.3 Å². The van der Waals surface area contributed by atoms with E-state index in [-0.39, 0.29) is 11.8 Å². The maximum atomic E-state index is 9.55. The van der Waals surface area contributed by atoms with Gasteiger partial charge >= 0.3 is 0 Å². The van der Waals surface area contributed by atoms with Crippen molar-refractivity contribution in [3.63, 3.8) is 0 Å². The van der Waals surface area contributed by atoms with Gasteiger partial charge in [-0.05, 0) is 30.5 Å². The summed E-state index contributed by atoms with van der Waals surface area (Å²) in [7, 11) is 1.50. The van der Waals surface area contributed by atoms with Crippen LogP contribution in [-0.2, 0) is 0 Å². The number of ether oxygens (including phenoxy) is 1. The first kappa shape index (κ1) is 12.7. The number of phenolic OH excluding ortho intramolecular Hbond substituents is 1. The number of benzene rings is 1. The molecule has 2 rings (SSSR count). The van der Waals surface area contributed by atoms with Crippen LogP contribution in [0, 0.1) is 11.3 Å². The van der Waals surface area contributed by atoms with Gasteiger partial charge in [-0.15, -0.1) is 0 Å². The van der Waals surface area contributed by atoms with Crippen LogP contribution in [-0.4, -0.2) is 18.3 Å². The van der Waals surface area contributed by atoms with E-state index in [9.17, 15) is 10.4 Å². The molecule has 0 amide bonds. The molecule has 4 heteroatoms. The van der Waals surface area contributed by atoms with E-state index in [1.165, 1.54) is 20.0 Å². The zero-order valence-corrected chi connectivity index (χ0v) is 10.5. The highest BCUT2D eigenvalue weighted by molar-refractivity contribution is 5.43. The van der Waals surface area contributed by atoms with E-state index in [0.717, 1.165) is 18.4 Å². The Bertz CT molecular complexity index is 448. The van der Waals surface area contributed by atoms with Gasteiger partial charge in [0.15, 0.2) is 11.5 Å². The average molecular weight is 246 g/mol. The lowest BCUT2D eigenvalue weighted by molar-refractivity contribution is 0.372. The fourth-order valence-corrected chi connectivity index (χ4v) is 2.41. The van der Waals surface area contributed by atoms with Crippen LogP contribution in [0.2, 0.25) is 0 Å². The molecule has 0 spiro atoms. The Kier molecular flexibility index (Phi) is 4.06. The van der Waals surface area contributed by atoms with Crippen LogP contribution in [0.5, 0.6) is 11.5 Å². The molecule has 1 saturated carbocycles. The van der Waals surface area contributed by atoms with Crippen molar-refractivity contribution in [2.24, 2.45) is 0 Å². The molecule has 1 atom stereocenters. The molecule has 0 bridgehead atoms. The zero-order valence-electron chi connectivity index (χ0n) is 10.5. The molecule has 4 nitrogen and oxygen atoms in total. The van der Waals surface area contributed by atoms with Crippen molar-refractivity contribution in [2.75, 3.05) is 7.11 Å². The van der Waals surface area contributed by atoms with Crippen LogP contribution in [0.1, 0.15) is 37.3 Å². The van der Waals surface area contributed by atoms with Crippen LogP contribution in [0.3, 0.4) is 0 Å². The van der Waals surface area contributed by atoms with Crippen molar-refractivity contribution in [2.45, 2.75) is 37.8 Å². The van der Waals surface area contributed by atoms with Crippen LogP contribution >= 0.6 is 0 Å². The molecule has 1 unspecified atom stereocenters. The predicted octanol–water partition coefficient (Wildman–Crippen LogP) is 2.50. The van der Waals surface area contributed by atoms with Gasteiger partial charge in [0.05, 0.1) is 13.2 Å². The Labute approximate surface area is 107 Å². The number of rotatable bonds is 4. The smallest absolute Gasteiger partial charge is 0.160 e. The van der Waals surface area contributed by atoms with Crippen molar-refractivity contribution in [1.82, 2.24) is 5.32 Å². The summed E-state index contributed by atoms with van der Waals surface area (Å²) in [6, 6.07) is 7.38. The van der Waals surface area contributed by atoms with Gasteiger partial charge in [0, 0.05) is 6.04 Å². The number of aromatic hydroxyl groups is 1. The highest BCUT2D eigenvalue weighted by Crippen LogP contribution is 2.29. The number of hydrogen-bond donors (Lipinski definition) is 2. The monoisotopic (exact) mass is 246 g/mol.